The molecular weight excluding hydrogens is 397 g/mol. The van der Waals surface area contributed by atoms with E-state index in [9.17, 15) is 14.0 Å². The van der Waals surface area contributed by atoms with Crippen LogP contribution in [0.5, 0.6) is 0 Å². The summed E-state index contributed by atoms with van der Waals surface area (Å²) in [4.78, 5) is 25.1. The molecule has 31 heavy (non-hydrogen) atoms. The van der Waals surface area contributed by atoms with Crippen molar-refractivity contribution in [2.45, 2.75) is 38.7 Å². The number of aromatic nitrogens is 2. The first-order valence-corrected chi connectivity index (χ1v) is 10.4. The number of halogens is 1. The van der Waals surface area contributed by atoms with Gasteiger partial charge in [-0.3, -0.25) is 4.79 Å². The van der Waals surface area contributed by atoms with Gasteiger partial charge in [-0.15, -0.1) is 0 Å². The first-order valence-electron chi connectivity index (χ1n) is 10.4. The van der Waals surface area contributed by atoms with Gasteiger partial charge in [-0.25, -0.2) is 13.9 Å². The van der Waals surface area contributed by atoms with Crippen LogP contribution < -0.4 is 5.32 Å². The van der Waals surface area contributed by atoms with Crippen molar-refractivity contribution in [1.82, 2.24) is 15.1 Å². The number of carbonyl (C=O) groups excluding carboxylic acids is 2. The molecular formula is C24H24FN3O3. The van der Waals surface area contributed by atoms with E-state index in [-0.39, 0.29) is 17.4 Å². The smallest absolute Gasteiger partial charge is 0.359 e. The van der Waals surface area contributed by atoms with Crippen LogP contribution in [0.25, 0.3) is 5.69 Å². The second kappa shape index (κ2) is 9.12. The fourth-order valence-corrected chi connectivity index (χ4v) is 3.79. The number of hydrogen-bond donors (Lipinski definition) is 1. The second-order valence-corrected chi connectivity index (χ2v) is 7.59. The van der Waals surface area contributed by atoms with Crippen molar-refractivity contribution in [2.24, 2.45) is 0 Å². The molecule has 1 atom stereocenters. The molecule has 0 bridgehead atoms. The average Bonchev–Trinajstić information content (AvgIpc) is 3.38. The number of carbonyl (C=O) groups is 2. The molecule has 0 saturated heterocycles. The Bertz CT molecular complexity index is 1080. The van der Waals surface area contributed by atoms with E-state index in [4.69, 9.17) is 4.74 Å². The van der Waals surface area contributed by atoms with Gasteiger partial charge in [0, 0.05) is 17.8 Å². The van der Waals surface area contributed by atoms with Gasteiger partial charge in [0.15, 0.2) is 11.8 Å². The van der Waals surface area contributed by atoms with Gasteiger partial charge in [0.1, 0.15) is 5.82 Å². The van der Waals surface area contributed by atoms with E-state index < -0.39 is 12.1 Å². The molecule has 0 spiro atoms. The summed E-state index contributed by atoms with van der Waals surface area (Å²) >= 11 is 0. The Morgan fingerprint density at radius 2 is 1.87 bits per heavy atom. The number of benzene rings is 2. The molecule has 1 amide bonds. The normalized spacial score (nSPS) is 13.5. The summed E-state index contributed by atoms with van der Waals surface area (Å²) in [5.74, 6) is -1.30. The van der Waals surface area contributed by atoms with E-state index >= 15 is 0 Å². The van der Waals surface area contributed by atoms with E-state index in [1.807, 2.05) is 30.3 Å². The van der Waals surface area contributed by atoms with Crippen LogP contribution in [0.15, 0.2) is 54.6 Å². The quantitative estimate of drug-likeness (QED) is 0.594. The van der Waals surface area contributed by atoms with Crippen molar-refractivity contribution in [3.05, 3.63) is 82.9 Å². The summed E-state index contributed by atoms with van der Waals surface area (Å²) < 4.78 is 20.3. The van der Waals surface area contributed by atoms with E-state index in [1.165, 1.54) is 12.1 Å². The van der Waals surface area contributed by atoms with Crippen molar-refractivity contribution in [3.63, 3.8) is 0 Å². The molecule has 7 heteroatoms. The molecule has 0 radical (unpaired) electrons. The van der Waals surface area contributed by atoms with Crippen LogP contribution in [-0.2, 0) is 28.8 Å². The highest BCUT2D eigenvalue weighted by atomic mass is 19.1. The summed E-state index contributed by atoms with van der Waals surface area (Å²) in [6.07, 6.45) is 2.17. The Morgan fingerprint density at radius 3 is 2.61 bits per heavy atom. The highest BCUT2D eigenvalue weighted by Crippen LogP contribution is 2.28. The van der Waals surface area contributed by atoms with Gasteiger partial charge in [0.05, 0.1) is 5.69 Å². The Hall–Kier alpha value is -3.48. The summed E-state index contributed by atoms with van der Waals surface area (Å²) in [6.45, 7) is 2.01. The van der Waals surface area contributed by atoms with Crippen molar-refractivity contribution in [2.75, 3.05) is 6.54 Å². The average molecular weight is 421 g/mol. The predicted octanol–water partition coefficient (Wildman–Crippen LogP) is 3.40. The molecule has 1 N–H and O–H groups in total. The Labute approximate surface area is 180 Å². The Kier molecular flexibility index (Phi) is 6.11. The standard InChI is InChI=1S/C24H24FN3O3/c1-16(23(29)26-15-14-17-6-3-2-4-7-17)31-24(30)22-20-8-5-9-21(20)28(27-22)19-12-10-18(25)11-13-19/h2-4,6-7,10-13,16H,5,8-9,14-15H2,1H3,(H,26,29). The number of hydrogen-bond acceptors (Lipinski definition) is 4. The number of nitrogens with one attached hydrogen (secondary N) is 1. The van der Waals surface area contributed by atoms with Gasteiger partial charge in [-0.2, -0.15) is 5.10 Å². The molecule has 1 aromatic heterocycles. The Balaban J connectivity index is 1.40. The van der Waals surface area contributed by atoms with Gasteiger partial charge in [-0.05, 0) is 62.4 Å². The third kappa shape index (κ3) is 4.66. The number of rotatable bonds is 7. The van der Waals surface area contributed by atoms with Crippen LogP contribution in [0.1, 0.15) is 40.7 Å². The van der Waals surface area contributed by atoms with E-state index in [1.54, 1.807) is 23.7 Å². The van der Waals surface area contributed by atoms with Crippen LogP contribution in [-0.4, -0.2) is 34.3 Å². The van der Waals surface area contributed by atoms with Crippen LogP contribution in [0.4, 0.5) is 4.39 Å². The number of ether oxygens (including phenoxy) is 1. The van der Waals surface area contributed by atoms with Crippen LogP contribution >= 0.6 is 0 Å². The van der Waals surface area contributed by atoms with Crippen LogP contribution in [0.2, 0.25) is 0 Å². The first kappa shape index (κ1) is 20.8. The van der Waals surface area contributed by atoms with Gasteiger partial charge in [-0.1, -0.05) is 30.3 Å². The summed E-state index contributed by atoms with van der Waals surface area (Å²) in [6, 6.07) is 15.8. The summed E-state index contributed by atoms with van der Waals surface area (Å²) in [7, 11) is 0. The topological polar surface area (TPSA) is 73.2 Å². The van der Waals surface area contributed by atoms with E-state index in [0.29, 0.717) is 18.7 Å². The van der Waals surface area contributed by atoms with Crippen molar-refractivity contribution >= 4 is 11.9 Å². The van der Waals surface area contributed by atoms with Crippen molar-refractivity contribution in [3.8, 4) is 5.69 Å². The first-order chi connectivity index (χ1) is 15.0. The number of amides is 1. The molecule has 6 nitrogen and oxygen atoms in total. The largest absolute Gasteiger partial charge is 0.448 e. The number of fused-ring (bicyclic) bond motifs is 1. The minimum Gasteiger partial charge on any atom is -0.448 e. The summed E-state index contributed by atoms with van der Waals surface area (Å²) in [5, 5.41) is 7.23. The third-order valence-corrected chi connectivity index (χ3v) is 5.40. The maximum absolute atomic E-state index is 13.3. The highest BCUT2D eigenvalue weighted by molar-refractivity contribution is 5.92. The predicted molar refractivity (Wildman–Crippen MR) is 114 cm³/mol. The lowest BCUT2D eigenvalue weighted by Crippen LogP contribution is -2.37. The molecule has 0 aliphatic heterocycles. The lowest BCUT2D eigenvalue weighted by atomic mass is 10.1. The second-order valence-electron chi connectivity index (χ2n) is 7.59. The van der Waals surface area contributed by atoms with Crippen LogP contribution in [0.3, 0.4) is 0 Å². The van der Waals surface area contributed by atoms with Crippen LogP contribution in [0, 0.1) is 5.82 Å². The maximum atomic E-state index is 13.3. The molecule has 160 valence electrons. The van der Waals surface area contributed by atoms with Gasteiger partial charge >= 0.3 is 5.97 Å². The molecule has 2 aromatic carbocycles. The molecule has 3 aromatic rings. The molecule has 0 saturated carbocycles. The lowest BCUT2D eigenvalue weighted by Gasteiger charge is -2.13. The minimum absolute atomic E-state index is 0.223. The zero-order valence-corrected chi connectivity index (χ0v) is 17.3. The monoisotopic (exact) mass is 421 g/mol. The Morgan fingerprint density at radius 1 is 1.13 bits per heavy atom. The summed E-state index contributed by atoms with van der Waals surface area (Å²) in [5.41, 5.74) is 3.80. The minimum atomic E-state index is -0.934. The number of esters is 1. The van der Waals surface area contributed by atoms with E-state index in [0.717, 1.165) is 36.1 Å². The van der Waals surface area contributed by atoms with Crippen molar-refractivity contribution in [1.29, 1.82) is 0 Å². The number of nitrogens with zero attached hydrogens (tertiary/aromatic N) is 2. The molecule has 1 aliphatic carbocycles. The van der Waals surface area contributed by atoms with Gasteiger partial charge in [0.25, 0.3) is 5.91 Å². The molecule has 1 unspecified atom stereocenters. The highest BCUT2D eigenvalue weighted by Gasteiger charge is 2.29. The molecule has 0 fully saturated rings. The third-order valence-electron chi connectivity index (χ3n) is 5.40. The fraction of sp³-hybridized carbons (Fsp3) is 0.292. The zero-order chi connectivity index (χ0) is 21.8. The zero-order valence-electron chi connectivity index (χ0n) is 17.3. The molecule has 1 aliphatic rings. The van der Waals surface area contributed by atoms with E-state index in [2.05, 4.69) is 10.4 Å². The SMILES string of the molecule is CC(OC(=O)c1nn(-c2ccc(F)cc2)c2c1CCC2)C(=O)NCCc1ccccc1. The lowest BCUT2D eigenvalue weighted by molar-refractivity contribution is -0.129. The van der Waals surface area contributed by atoms with Gasteiger partial charge < -0.3 is 10.1 Å². The maximum Gasteiger partial charge on any atom is 0.359 e. The molecule has 1 heterocycles. The van der Waals surface area contributed by atoms with Gasteiger partial charge in [0.2, 0.25) is 0 Å². The van der Waals surface area contributed by atoms with Crippen molar-refractivity contribution < 1.29 is 18.7 Å². The molecule has 4 rings (SSSR count). The fourth-order valence-electron chi connectivity index (χ4n) is 3.79.